The maximum absolute atomic E-state index is 11.0. The predicted molar refractivity (Wildman–Crippen MR) is 114 cm³/mol. The highest BCUT2D eigenvalue weighted by Gasteiger charge is 2.35. The van der Waals surface area contributed by atoms with E-state index in [1.165, 1.54) is 45.6 Å². The second-order valence-corrected chi connectivity index (χ2v) is 13.1. The summed E-state index contributed by atoms with van der Waals surface area (Å²) >= 11 is 0. The summed E-state index contributed by atoms with van der Waals surface area (Å²) in [7, 11) is -0.0651. The molecule has 0 saturated carbocycles. The molecular weight excluding hydrogens is 356 g/mol. The molecule has 0 spiro atoms. The number of carbonyl (C=O) groups excluding carboxylic acids is 1. The lowest BCUT2D eigenvalue weighted by molar-refractivity contribution is -0.140. The maximum Gasteiger partial charge on any atom is 0.305 e. The first-order valence-corrected chi connectivity index (χ1v) is 14.3. The lowest BCUT2D eigenvalue weighted by Gasteiger charge is -2.24. The largest absolute Gasteiger partial charge is 0.469 e. The van der Waals surface area contributed by atoms with Crippen LogP contribution >= 0.6 is 0 Å². The third-order valence-electron chi connectivity index (χ3n) is 4.83. The molecule has 27 heavy (non-hydrogen) atoms. The van der Waals surface area contributed by atoms with Gasteiger partial charge in [-0.05, 0) is 38.9 Å². The monoisotopic (exact) mass is 398 g/mol. The van der Waals surface area contributed by atoms with Crippen LogP contribution in [-0.2, 0) is 18.7 Å². The second-order valence-electron chi connectivity index (χ2n) is 8.67. The van der Waals surface area contributed by atoms with Gasteiger partial charge in [-0.2, -0.15) is 0 Å². The fraction of sp³-hybridized carbons (Fsp3) is 0.864. The van der Waals surface area contributed by atoms with Gasteiger partial charge in [-0.3, -0.25) is 4.79 Å². The van der Waals surface area contributed by atoms with E-state index in [4.69, 9.17) is 9.16 Å². The fourth-order valence-electron chi connectivity index (χ4n) is 3.28. The summed E-state index contributed by atoms with van der Waals surface area (Å²) in [6.07, 6.45) is 17.7. The molecule has 0 amide bonds. The van der Waals surface area contributed by atoms with Crippen LogP contribution in [0, 0.1) is 0 Å². The van der Waals surface area contributed by atoms with Gasteiger partial charge in [0.25, 0.3) is 0 Å². The fourth-order valence-corrected chi connectivity index (χ4v) is 4.39. The molecular formula is C22H42O4Si. The minimum atomic E-state index is -1.52. The highest BCUT2D eigenvalue weighted by Crippen LogP contribution is 2.29. The summed E-state index contributed by atoms with van der Waals surface area (Å²) in [5.41, 5.74) is 0. The van der Waals surface area contributed by atoms with Crippen molar-refractivity contribution in [1.82, 2.24) is 0 Å². The summed E-state index contributed by atoms with van der Waals surface area (Å²) < 4.78 is 16.8. The standard InChI is InChI=1S/C22H42O4Si/c1-6-7-11-14-19(26-27(3,4)5)17-18-21-20(25-21)15-12-9-8-10-13-16-22(23)24-2/h17-21H,6-16H2,1-5H3. The molecule has 5 heteroatoms. The minimum absolute atomic E-state index is 0.0953. The molecule has 1 fully saturated rings. The number of unbranched alkanes of at least 4 members (excludes halogenated alkanes) is 6. The number of ether oxygens (including phenoxy) is 2. The Morgan fingerprint density at radius 3 is 2.44 bits per heavy atom. The molecule has 1 saturated heterocycles. The van der Waals surface area contributed by atoms with Gasteiger partial charge in [-0.15, -0.1) is 0 Å². The van der Waals surface area contributed by atoms with Crippen LogP contribution in [0.1, 0.15) is 77.6 Å². The summed E-state index contributed by atoms with van der Waals surface area (Å²) in [5.74, 6) is -0.0953. The van der Waals surface area contributed by atoms with Crippen LogP contribution in [0.3, 0.4) is 0 Å². The van der Waals surface area contributed by atoms with Gasteiger partial charge in [0.05, 0.1) is 19.3 Å². The first kappa shape index (κ1) is 24.4. The molecule has 1 aliphatic heterocycles. The molecule has 0 bridgehead atoms. The number of hydrogen-bond acceptors (Lipinski definition) is 4. The number of esters is 1. The van der Waals surface area contributed by atoms with Crippen LogP contribution in [-0.4, -0.2) is 39.7 Å². The van der Waals surface area contributed by atoms with Gasteiger partial charge in [0.15, 0.2) is 8.32 Å². The zero-order chi connectivity index (χ0) is 20.1. The quantitative estimate of drug-likeness (QED) is 0.105. The van der Waals surface area contributed by atoms with Crippen LogP contribution in [0.15, 0.2) is 12.2 Å². The van der Waals surface area contributed by atoms with E-state index in [0.29, 0.717) is 18.6 Å². The van der Waals surface area contributed by atoms with Gasteiger partial charge in [0.2, 0.25) is 0 Å². The average Bonchev–Trinajstić information content (AvgIpc) is 3.35. The summed E-state index contributed by atoms with van der Waals surface area (Å²) in [6.45, 7) is 9.02. The Morgan fingerprint density at radius 1 is 1.07 bits per heavy atom. The number of hydrogen-bond donors (Lipinski definition) is 0. The highest BCUT2D eigenvalue weighted by atomic mass is 28.4. The van der Waals surface area contributed by atoms with Gasteiger partial charge in [0.1, 0.15) is 6.10 Å². The summed E-state index contributed by atoms with van der Waals surface area (Å²) in [4.78, 5) is 11.0. The third kappa shape index (κ3) is 13.2. The van der Waals surface area contributed by atoms with Crippen LogP contribution in [0.5, 0.6) is 0 Å². The molecule has 1 aliphatic rings. The van der Waals surface area contributed by atoms with Gasteiger partial charge in [-0.25, -0.2) is 0 Å². The van der Waals surface area contributed by atoms with Crippen LogP contribution < -0.4 is 0 Å². The predicted octanol–water partition coefficient (Wildman–Crippen LogP) is 6.01. The Labute approximate surface area is 168 Å². The Bertz CT molecular complexity index is 431. The molecule has 1 heterocycles. The van der Waals surface area contributed by atoms with E-state index < -0.39 is 8.32 Å². The molecule has 3 unspecified atom stereocenters. The first-order valence-electron chi connectivity index (χ1n) is 10.9. The Hall–Kier alpha value is -0.653. The highest BCUT2D eigenvalue weighted by molar-refractivity contribution is 6.69. The Balaban J connectivity index is 2.15. The van der Waals surface area contributed by atoms with E-state index in [1.807, 2.05) is 0 Å². The number of rotatable bonds is 16. The normalized spacial score (nSPS) is 20.8. The average molecular weight is 399 g/mol. The molecule has 3 atom stereocenters. The first-order chi connectivity index (χ1) is 12.9. The third-order valence-corrected chi connectivity index (χ3v) is 5.84. The lowest BCUT2D eigenvalue weighted by atomic mass is 10.1. The van der Waals surface area contributed by atoms with Crippen molar-refractivity contribution in [2.75, 3.05) is 7.11 Å². The molecule has 0 radical (unpaired) electrons. The molecule has 4 nitrogen and oxygen atoms in total. The maximum atomic E-state index is 11.0. The van der Waals surface area contributed by atoms with Crippen molar-refractivity contribution in [3.8, 4) is 0 Å². The molecule has 0 aromatic carbocycles. The molecule has 0 aliphatic carbocycles. The van der Waals surface area contributed by atoms with Crippen molar-refractivity contribution in [2.24, 2.45) is 0 Å². The molecule has 0 aromatic heterocycles. The van der Waals surface area contributed by atoms with Crippen molar-refractivity contribution in [1.29, 1.82) is 0 Å². The van der Waals surface area contributed by atoms with E-state index in [-0.39, 0.29) is 12.1 Å². The van der Waals surface area contributed by atoms with Gasteiger partial charge < -0.3 is 13.9 Å². The van der Waals surface area contributed by atoms with E-state index in [9.17, 15) is 4.79 Å². The van der Waals surface area contributed by atoms with E-state index in [2.05, 4.69) is 43.5 Å². The van der Waals surface area contributed by atoms with Crippen LogP contribution in [0.25, 0.3) is 0 Å². The Kier molecular flexibility index (Phi) is 12.2. The van der Waals surface area contributed by atoms with E-state index in [1.54, 1.807) is 0 Å². The zero-order valence-corrected chi connectivity index (χ0v) is 19.3. The molecule has 158 valence electrons. The molecule has 0 aromatic rings. The number of carbonyl (C=O) groups is 1. The second kappa shape index (κ2) is 13.5. The summed E-state index contributed by atoms with van der Waals surface area (Å²) in [5, 5.41) is 0. The van der Waals surface area contributed by atoms with Crippen LogP contribution in [0.4, 0.5) is 0 Å². The smallest absolute Gasteiger partial charge is 0.305 e. The van der Waals surface area contributed by atoms with Gasteiger partial charge >= 0.3 is 5.97 Å². The van der Waals surface area contributed by atoms with Crippen molar-refractivity contribution in [3.63, 3.8) is 0 Å². The van der Waals surface area contributed by atoms with Crippen molar-refractivity contribution in [3.05, 3.63) is 12.2 Å². The van der Waals surface area contributed by atoms with E-state index in [0.717, 1.165) is 25.7 Å². The van der Waals surface area contributed by atoms with Gasteiger partial charge in [0, 0.05) is 6.42 Å². The minimum Gasteiger partial charge on any atom is -0.469 e. The molecule has 0 N–H and O–H groups in total. The van der Waals surface area contributed by atoms with Crippen molar-refractivity contribution >= 4 is 14.3 Å². The van der Waals surface area contributed by atoms with Crippen LogP contribution in [0.2, 0.25) is 19.6 Å². The lowest BCUT2D eigenvalue weighted by Crippen LogP contribution is -2.31. The topological polar surface area (TPSA) is 48.1 Å². The van der Waals surface area contributed by atoms with Gasteiger partial charge in [-0.1, -0.05) is 64.0 Å². The Morgan fingerprint density at radius 2 is 1.78 bits per heavy atom. The van der Waals surface area contributed by atoms with Crippen molar-refractivity contribution < 1.29 is 18.7 Å². The molecule has 1 rings (SSSR count). The SMILES string of the molecule is CCCCCC(C=CC1OC1CCCCCCCC(=O)OC)O[Si](C)(C)C. The van der Waals surface area contributed by atoms with E-state index >= 15 is 0 Å². The number of epoxide rings is 1. The van der Waals surface area contributed by atoms with Crippen molar-refractivity contribution in [2.45, 2.75) is 116 Å². The zero-order valence-electron chi connectivity index (χ0n) is 18.3. The summed E-state index contributed by atoms with van der Waals surface area (Å²) in [6, 6.07) is 0. The number of methoxy groups -OCH3 is 1.